The van der Waals surface area contributed by atoms with Crippen LogP contribution in [0.5, 0.6) is 5.75 Å². The molecule has 5 nitrogen and oxygen atoms in total. The minimum Gasteiger partial charge on any atom is -0.488 e. The predicted octanol–water partition coefficient (Wildman–Crippen LogP) is 6.37. The average molecular weight is 491 g/mol. The number of nitrogens with zero attached hydrogens (tertiary/aromatic N) is 2. The lowest BCUT2D eigenvalue weighted by Crippen LogP contribution is -2.08. The van der Waals surface area contributed by atoms with E-state index in [1.807, 2.05) is 72.2 Å². The molecule has 4 rings (SSSR count). The summed E-state index contributed by atoms with van der Waals surface area (Å²) in [6, 6.07) is 23.5. The second-order valence-electron chi connectivity index (χ2n) is 7.23. The van der Waals surface area contributed by atoms with Crippen molar-refractivity contribution < 1.29 is 14.3 Å². The first kappa shape index (κ1) is 21.8. The number of pyridine rings is 1. The summed E-state index contributed by atoms with van der Waals surface area (Å²) >= 11 is 3.58. The summed E-state index contributed by atoms with van der Waals surface area (Å²) in [7, 11) is 0. The molecule has 0 bridgehead atoms. The molecule has 162 valence electrons. The number of carbonyl (C=O) groups excluding carboxylic acids is 1. The average Bonchev–Trinajstić information content (AvgIpc) is 3.20. The normalized spacial score (nSPS) is 10.7. The van der Waals surface area contributed by atoms with Gasteiger partial charge in [-0.3, -0.25) is 4.57 Å². The molecule has 2 aromatic heterocycles. The maximum atomic E-state index is 12.2. The van der Waals surface area contributed by atoms with E-state index >= 15 is 0 Å². The molecule has 0 spiro atoms. The monoisotopic (exact) mass is 490 g/mol. The number of aryl methyl sites for hydroxylation is 1. The molecule has 0 aliphatic heterocycles. The fourth-order valence-corrected chi connectivity index (χ4v) is 3.86. The van der Waals surface area contributed by atoms with Gasteiger partial charge >= 0.3 is 5.97 Å². The van der Waals surface area contributed by atoms with Crippen LogP contribution < -0.4 is 4.74 Å². The zero-order valence-corrected chi connectivity index (χ0v) is 19.5. The third kappa shape index (κ3) is 4.75. The predicted molar refractivity (Wildman–Crippen MR) is 128 cm³/mol. The highest BCUT2D eigenvalue weighted by atomic mass is 79.9. The standard InChI is InChI=1S/C26H23BrN2O3/c1-3-31-26(30)20-13-14-28-25(15-20)29-18(2)9-11-23(29)22-16-21(27)10-12-24(22)32-17-19-7-5-4-6-8-19/h4-16H,3,17H2,1-2H3. The Morgan fingerprint density at radius 3 is 2.62 bits per heavy atom. The van der Waals surface area contributed by atoms with Crippen molar-refractivity contribution in [2.24, 2.45) is 0 Å². The van der Waals surface area contributed by atoms with Crippen molar-refractivity contribution in [2.75, 3.05) is 6.61 Å². The molecule has 0 fully saturated rings. The van der Waals surface area contributed by atoms with Crippen LogP contribution in [0.3, 0.4) is 0 Å². The Labute approximate surface area is 195 Å². The summed E-state index contributed by atoms with van der Waals surface area (Å²) in [6.07, 6.45) is 1.62. The molecule has 0 aliphatic carbocycles. The topological polar surface area (TPSA) is 53.3 Å². The summed E-state index contributed by atoms with van der Waals surface area (Å²) in [4.78, 5) is 16.8. The van der Waals surface area contributed by atoms with Crippen LogP contribution in [0.25, 0.3) is 17.1 Å². The van der Waals surface area contributed by atoms with Gasteiger partial charge in [-0.05, 0) is 61.9 Å². The first-order valence-electron chi connectivity index (χ1n) is 10.4. The fourth-order valence-electron chi connectivity index (χ4n) is 3.50. The molecule has 4 aromatic rings. The molecular formula is C26H23BrN2O3. The van der Waals surface area contributed by atoms with E-state index < -0.39 is 0 Å². The van der Waals surface area contributed by atoms with Gasteiger partial charge in [-0.1, -0.05) is 46.3 Å². The van der Waals surface area contributed by atoms with Crippen molar-refractivity contribution in [3.05, 3.63) is 100 Å². The van der Waals surface area contributed by atoms with Gasteiger partial charge in [0.25, 0.3) is 0 Å². The molecule has 2 heterocycles. The lowest BCUT2D eigenvalue weighted by Gasteiger charge is -2.16. The Kier molecular flexibility index (Phi) is 6.71. The van der Waals surface area contributed by atoms with Crippen molar-refractivity contribution in [3.63, 3.8) is 0 Å². The van der Waals surface area contributed by atoms with E-state index in [1.54, 1.807) is 25.3 Å². The Hall–Kier alpha value is -3.38. The van der Waals surface area contributed by atoms with Crippen LogP contribution in [0.2, 0.25) is 0 Å². The molecule has 32 heavy (non-hydrogen) atoms. The number of aromatic nitrogens is 2. The number of carbonyl (C=O) groups is 1. The summed E-state index contributed by atoms with van der Waals surface area (Å²) in [6.45, 7) is 4.58. The number of hydrogen-bond acceptors (Lipinski definition) is 4. The molecule has 2 aromatic carbocycles. The minimum atomic E-state index is -0.364. The molecule has 0 atom stereocenters. The van der Waals surface area contributed by atoms with Crippen molar-refractivity contribution in [3.8, 4) is 22.8 Å². The Morgan fingerprint density at radius 2 is 1.84 bits per heavy atom. The van der Waals surface area contributed by atoms with Gasteiger partial charge in [0.15, 0.2) is 0 Å². The van der Waals surface area contributed by atoms with Crippen LogP contribution >= 0.6 is 15.9 Å². The van der Waals surface area contributed by atoms with Gasteiger partial charge in [0.1, 0.15) is 18.2 Å². The second-order valence-corrected chi connectivity index (χ2v) is 8.15. The third-order valence-corrected chi connectivity index (χ3v) is 5.51. The number of benzene rings is 2. The molecule has 0 saturated heterocycles. The first-order valence-corrected chi connectivity index (χ1v) is 11.1. The number of rotatable bonds is 7. The zero-order chi connectivity index (χ0) is 22.5. The first-order chi connectivity index (χ1) is 15.6. The van der Waals surface area contributed by atoms with Gasteiger partial charge in [-0.15, -0.1) is 0 Å². The van der Waals surface area contributed by atoms with Crippen molar-refractivity contribution in [2.45, 2.75) is 20.5 Å². The van der Waals surface area contributed by atoms with Crippen molar-refractivity contribution in [1.82, 2.24) is 9.55 Å². The van der Waals surface area contributed by atoms with Gasteiger partial charge in [-0.2, -0.15) is 0 Å². The van der Waals surface area contributed by atoms with Gasteiger partial charge in [0, 0.05) is 21.9 Å². The summed E-state index contributed by atoms with van der Waals surface area (Å²) in [5.41, 5.74) is 4.39. The number of esters is 1. The highest BCUT2D eigenvalue weighted by Gasteiger charge is 2.17. The second kappa shape index (κ2) is 9.83. The molecule has 0 unspecified atom stereocenters. The van der Waals surface area contributed by atoms with Crippen LogP contribution in [0, 0.1) is 6.92 Å². The van der Waals surface area contributed by atoms with Gasteiger partial charge in [0.05, 0.1) is 17.9 Å². The highest BCUT2D eigenvalue weighted by Crippen LogP contribution is 2.36. The summed E-state index contributed by atoms with van der Waals surface area (Å²) in [5, 5.41) is 0. The minimum absolute atomic E-state index is 0.324. The van der Waals surface area contributed by atoms with Gasteiger partial charge in [-0.25, -0.2) is 9.78 Å². The van der Waals surface area contributed by atoms with Crippen LogP contribution in [0.1, 0.15) is 28.5 Å². The molecule has 0 N–H and O–H groups in total. The smallest absolute Gasteiger partial charge is 0.338 e. The molecule has 0 amide bonds. The maximum absolute atomic E-state index is 12.2. The van der Waals surface area contributed by atoms with Crippen molar-refractivity contribution >= 4 is 21.9 Å². The molecule has 6 heteroatoms. The van der Waals surface area contributed by atoms with E-state index in [0.717, 1.165) is 32.7 Å². The molecule has 0 radical (unpaired) electrons. The molecule has 0 aliphatic rings. The van der Waals surface area contributed by atoms with E-state index in [-0.39, 0.29) is 5.97 Å². The largest absolute Gasteiger partial charge is 0.488 e. The van der Waals surface area contributed by atoms with Crippen LogP contribution in [0.15, 0.2) is 83.5 Å². The number of ether oxygens (including phenoxy) is 2. The number of halogens is 1. The van der Waals surface area contributed by atoms with E-state index in [1.165, 1.54) is 0 Å². The van der Waals surface area contributed by atoms with E-state index in [4.69, 9.17) is 9.47 Å². The Balaban J connectivity index is 1.74. The SMILES string of the molecule is CCOC(=O)c1ccnc(-n2c(C)ccc2-c2cc(Br)ccc2OCc2ccccc2)c1. The zero-order valence-electron chi connectivity index (χ0n) is 17.9. The van der Waals surface area contributed by atoms with Crippen LogP contribution in [-0.2, 0) is 11.3 Å². The fraction of sp³-hybridized carbons (Fsp3) is 0.154. The van der Waals surface area contributed by atoms with E-state index in [0.29, 0.717) is 24.6 Å². The molecular weight excluding hydrogens is 468 g/mol. The summed E-state index contributed by atoms with van der Waals surface area (Å²) in [5.74, 6) is 1.04. The number of hydrogen-bond donors (Lipinski definition) is 0. The summed E-state index contributed by atoms with van der Waals surface area (Å²) < 4.78 is 14.3. The van der Waals surface area contributed by atoms with E-state index in [2.05, 4.69) is 20.9 Å². The highest BCUT2D eigenvalue weighted by molar-refractivity contribution is 9.10. The van der Waals surface area contributed by atoms with Gasteiger partial charge < -0.3 is 9.47 Å². The third-order valence-electron chi connectivity index (χ3n) is 5.02. The maximum Gasteiger partial charge on any atom is 0.338 e. The lowest BCUT2D eigenvalue weighted by atomic mass is 10.1. The quantitative estimate of drug-likeness (QED) is 0.282. The van der Waals surface area contributed by atoms with Crippen molar-refractivity contribution in [1.29, 1.82) is 0 Å². The lowest BCUT2D eigenvalue weighted by molar-refractivity contribution is 0.0526. The van der Waals surface area contributed by atoms with E-state index in [9.17, 15) is 4.79 Å². The molecule has 0 saturated carbocycles. The van der Waals surface area contributed by atoms with Crippen LogP contribution in [-0.4, -0.2) is 22.1 Å². The van der Waals surface area contributed by atoms with Crippen LogP contribution in [0.4, 0.5) is 0 Å². The Bertz CT molecular complexity index is 1240. The van der Waals surface area contributed by atoms with Gasteiger partial charge in [0.2, 0.25) is 0 Å². The Morgan fingerprint density at radius 1 is 1.03 bits per heavy atom.